The highest BCUT2D eigenvalue weighted by Gasteiger charge is 2.26. The van der Waals surface area contributed by atoms with Crippen LogP contribution in [0.2, 0.25) is 0 Å². The van der Waals surface area contributed by atoms with E-state index in [0.29, 0.717) is 43.2 Å². The summed E-state index contributed by atoms with van der Waals surface area (Å²) in [4.78, 5) is 36.5. The molecule has 0 atom stereocenters. The van der Waals surface area contributed by atoms with Crippen LogP contribution in [0.25, 0.3) is 0 Å². The molecule has 12 nitrogen and oxygen atoms in total. The summed E-state index contributed by atoms with van der Waals surface area (Å²) >= 11 is 0. The van der Waals surface area contributed by atoms with Crippen molar-refractivity contribution in [2.24, 2.45) is 0 Å². The summed E-state index contributed by atoms with van der Waals surface area (Å²) in [6.45, 7) is 10.9. The molecule has 2 heterocycles. The largest absolute Gasteiger partial charge is 0.494 e. The van der Waals surface area contributed by atoms with Gasteiger partial charge in [-0.2, -0.15) is 4.98 Å². The number of anilines is 7. The van der Waals surface area contributed by atoms with E-state index in [0.717, 1.165) is 5.69 Å². The third-order valence-electron chi connectivity index (χ3n) is 6.01. The lowest BCUT2D eigenvalue weighted by Crippen LogP contribution is -2.50. The number of carbonyl (C=O) groups excluding carboxylic acids is 2. The molecule has 3 aromatic rings. The molecule has 1 aliphatic heterocycles. The van der Waals surface area contributed by atoms with Crippen LogP contribution in [0.15, 0.2) is 61.3 Å². The first-order chi connectivity index (χ1) is 20.7. The van der Waals surface area contributed by atoms with Gasteiger partial charge >= 0.3 is 6.09 Å². The fraction of sp³-hybridized carbons (Fsp3) is 0.310. The Kier molecular flexibility index (Phi) is 7.59. The number of hydrogen-bond donors (Lipinski definition) is 4. The molecule has 1 aliphatic rings. The number of hydrogen-bond acceptors (Lipinski definition) is 10. The average Bonchev–Trinajstić information content (AvgIpc) is 2.94. The maximum Gasteiger partial charge on any atom is 0.410 e. The van der Waals surface area contributed by atoms with Crippen molar-refractivity contribution < 1.29 is 23.2 Å². The van der Waals surface area contributed by atoms with Crippen molar-refractivity contribution >= 4 is 52.2 Å². The molecule has 0 spiro atoms. The lowest BCUT2D eigenvalue weighted by atomic mass is 10.2. The van der Waals surface area contributed by atoms with E-state index in [1.807, 2.05) is 31.7 Å². The molecule has 41 heavy (non-hydrogen) atoms. The van der Waals surface area contributed by atoms with Crippen LogP contribution < -0.4 is 31.3 Å². The lowest BCUT2D eigenvalue weighted by molar-refractivity contribution is -0.111. The van der Waals surface area contributed by atoms with Crippen molar-refractivity contribution in [1.82, 2.24) is 14.9 Å². The van der Waals surface area contributed by atoms with Gasteiger partial charge in [0.1, 0.15) is 11.4 Å². The zero-order chi connectivity index (χ0) is 32.1. The van der Waals surface area contributed by atoms with Crippen LogP contribution in [0, 0.1) is 0 Å². The van der Waals surface area contributed by atoms with Crippen LogP contribution >= 0.6 is 0 Å². The van der Waals surface area contributed by atoms with Gasteiger partial charge in [0.2, 0.25) is 11.9 Å². The maximum absolute atomic E-state index is 12.5. The smallest absolute Gasteiger partial charge is 0.410 e. The normalized spacial score (nSPS) is 14.7. The van der Waals surface area contributed by atoms with Crippen LogP contribution in [0.4, 0.5) is 45.0 Å². The van der Waals surface area contributed by atoms with Gasteiger partial charge in [-0.3, -0.25) is 4.79 Å². The second kappa shape index (κ2) is 12.5. The predicted octanol–water partition coefficient (Wildman–Crippen LogP) is 4.74. The van der Waals surface area contributed by atoms with E-state index in [1.54, 1.807) is 41.3 Å². The number of rotatable bonds is 8. The summed E-state index contributed by atoms with van der Waals surface area (Å²) in [5, 5.41) is 8.80. The van der Waals surface area contributed by atoms with Crippen LogP contribution in [-0.4, -0.2) is 65.7 Å². The Morgan fingerprint density at radius 2 is 1.85 bits per heavy atom. The first kappa shape index (κ1) is 25.0. The third kappa shape index (κ3) is 7.78. The van der Waals surface area contributed by atoms with E-state index in [9.17, 15) is 9.59 Å². The van der Waals surface area contributed by atoms with Gasteiger partial charge in [0.15, 0.2) is 5.82 Å². The Bertz CT molecular complexity index is 1520. The number of benzene rings is 2. The Morgan fingerprint density at radius 1 is 1.10 bits per heavy atom. The highest BCUT2D eigenvalue weighted by molar-refractivity contribution is 5.99. The molecular formula is C29H36N8O4. The van der Waals surface area contributed by atoms with Gasteiger partial charge in [-0.05, 0) is 57.2 Å². The van der Waals surface area contributed by atoms with Crippen molar-refractivity contribution in [2.75, 3.05) is 59.8 Å². The molecule has 0 aliphatic carbocycles. The molecule has 0 saturated carbocycles. The minimum absolute atomic E-state index is 0.0673. The second-order valence-corrected chi connectivity index (χ2v) is 10.3. The Balaban J connectivity index is 1.51. The van der Waals surface area contributed by atoms with Crippen molar-refractivity contribution in [3.63, 3.8) is 0 Å². The van der Waals surface area contributed by atoms with E-state index in [2.05, 4.69) is 32.5 Å². The minimum Gasteiger partial charge on any atom is -0.494 e. The molecule has 12 heteroatoms. The molecule has 2 aromatic carbocycles. The molecule has 0 bridgehead atoms. The minimum atomic E-state index is -2.72. The molecule has 0 unspecified atom stereocenters. The van der Waals surface area contributed by atoms with Crippen molar-refractivity contribution in [1.29, 1.82) is 0 Å². The first-order valence-corrected chi connectivity index (χ1v) is 12.9. The van der Waals surface area contributed by atoms with Gasteiger partial charge < -0.3 is 41.0 Å². The Hall–Kier alpha value is -5.00. The number of methoxy groups -OCH3 is 1. The summed E-state index contributed by atoms with van der Waals surface area (Å²) in [5.41, 5.74) is 7.98. The highest BCUT2D eigenvalue weighted by Crippen LogP contribution is 2.33. The number of carbonyl (C=O) groups is 2. The molecule has 1 saturated heterocycles. The van der Waals surface area contributed by atoms with Crippen LogP contribution in [0.1, 0.15) is 24.9 Å². The monoisotopic (exact) mass is 563 g/mol. The van der Waals surface area contributed by atoms with Crippen molar-refractivity contribution in [3.05, 3.63) is 61.3 Å². The van der Waals surface area contributed by atoms with E-state index in [-0.39, 0.29) is 35.2 Å². The van der Waals surface area contributed by atoms with E-state index < -0.39 is 12.6 Å². The van der Waals surface area contributed by atoms with Gasteiger partial charge in [0.05, 0.1) is 28.7 Å². The van der Waals surface area contributed by atoms with Crippen molar-refractivity contribution in [2.45, 2.75) is 26.4 Å². The molecule has 1 aromatic heterocycles. The summed E-state index contributed by atoms with van der Waals surface area (Å²) in [7, 11) is -2.72. The van der Waals surface area contributed by atoms with Gasteiger partial charge in [-0.1, -0.05) is 12.6 Å². The maximum atomic E-state index is 12.5. The summed E-state index contributed by atoms with van der Waals surface area (Å²) in [6, 6.07) is 12.1. The van der Waals surface area contributed by atoms with Crippen molar-refractivity contribution in [3.8, 4) is 5.75 Å². The van der Waals surface area contributed by atoms with Crippen LogP contribution in [0.5, 0.6) is 5.75 Å². The number of nitrogens with one attached hydrogen (secondary N) is 3. The fourth-order valence-electron chi connectivity index (χ4n) is 4.05. The number of piperazine rings is 1. The molecule has 0 radical (unpaired) electrons. The predicted molar refractivity (Wildman–Crippen MR) is 161 cm³/mol. The molecular weight excluding hydrogens is 524 g/mol. The van der Waals surface area contributed by atoms with E-state index in [1.165, 1.54) is 12.3 Å². The number of aromatic nitrogens is 2. The average molecular weight is 564 g/mol. The Morgan fingerprint density at radius 3 is 2.56 bits per heavy atom. The van der Waals surface area contributed by atoms with Gasteiger partial charge in [-0.25, -0.2) is 9.78 Å². The molecule has 216 valence electrons. The SMILES string of the molecule is [2H]C([2H])([2H])Oc1cc(N2CCN(C(=O)OC(C)(C)C)CC2)ccc1Nc1ncc(N)c(Nc2cccc(NC(=O)C=C)c2)n1. The molecule has 2 amide bonds. The third-order valence-corrected chi connectivity index (χ3v) is 6.01. The number of nitrogens with zero attached hydrogens (tertiary/aromatic N) is 4. The highest BCUT2D eigenvalue weighted by atomic mass is 16.6. The molecule has 4 rings (SSSR count). The summed E-state index contributed by atoms with van der Waals surface area (Å²) in [5.74, 6) is 0.136. The van der Waals surface area contributed by atoms with Gasteiger partial charge in [0, 0.05) is 49.3 Å². The topological polar surface area (TPSA) is 147 Å². The van der Waals surface area contributed by atoms with Crippen LogP contribution in [0.3, 0.4) is 0 Å². The summed E-state index contributed by atoms with van der Waals surface area (Å²) < 4.78 is 33.9. The van der Waals surface area contributed by atoms with E-state index in [4.69, 9.17) is 19.3 Å². The lowest BCUT2D eigenvalue weighted by Gasteiger charge is -2.37. The summed E-state index contributed by atoms with van der Waals surface area (Å²) in [6.07, 6.45) is 2.21. The first-order valence-electron chi connectivity index (χ1n) is 14.4. The Labute approximate surface area is 243 Å². The quantitative estimate of drug-likeness (QED) is 0.283. The molecule has 5 N–H and O–H groups in total. The van der Waals surface area contributed by atoms with E-state index >= 15 is 0 Å². The number of nitrogens with two attached hydrogens (primary N) is 1. The van der Waals surface area contributed by atoms with Crippen LogP contribution in [-0.2, 0) is 9.53 Å². The molecule has 1 fully saturated rings. The second-order valence-electron chi connectivity index (χ2n) is 10.3. The van der Waals surface area contributed by atoms with Gasteiger partial charge in [-0.15, -0.1) is 0 Å². The number of ether oxygens (including phenoxy) is 2. The number of amides is 2. The standard InChI is InChI=1S/C29H36N8O4/c1-6-25(38)32-19-8-7-9-20(16-19)33-26-22(30)18-31-27(35-26)34-23-11-10-21(17-24(23)40-5)36-12-14-37(15-13-36)28(39)41-29(2,3)4/h6-11,16-18H,1,12-15,30H2,2-5H3,(H,32,38)(H2,31,33,34,35)/i5D3. The fourth-order valence-corrected chi connectivity index (χ4v) is 4.05. The zero-order valence-electron chi connectivity index (χ0n) is 26.2. The number of nitrogen functional groups attached to an aromatic ring is 1. The zero-order valence-corrected chi connectivity index (χ0v) is 23.2. The van der Waals surface area contributed by atoms with Gasteiger partial charge in [0.25, 0.3) is 0 Å².